The van der Waals surface area contributed by atoms with Gasteiger partial charge in [-0.25, -0.2) is 4.98 Å². The van der Waals surface area contributed by atoms with Crippen LogP contribution in [0.2, 0.25) is 0 Å². The van der Waals surface area contributed by atoms with Crippen LogP contribution in [0, 0.1) is 5.92 Å². The van der Waals surface area contributed by atoms with Crippen LogP contribution in [0.15, 0.2) is 17.6 Å². The van der Waals surface area contributed by atoms with E-state index in [-0.39, 0.29) is 23.2 Å². The molecular weight excluding hydrogens is 379 g/mol. The lowest BCUT2D eigenvalue weighted by molar-refractivity contribution is -0.0883. The molecule has 3 aliphatic rings. The third-order valence-corrected chi connectivity index (χ3v) is 6.60. The van der Waals surface area contributed by atoms with E-state index in [0.717, 1.165) is 37.3 Å². The number of piperidine rings is 3. The molecule has 0 aliphatic carbocycles. The molecule has 5 nitrogen and oxygen atoms in total. The minimum Gasteiger partial charge on any atom is -0.346 e. The molecule has 2 atom stereocenters. The van der Waals surface area contributed by atoms with Gasteiger partial charge in [-0.2, -0.15) is 13.2 Å². The van der Waals surface area contributed by atoms with Crippen LogP contribution < -0.4 is 5.32 Å². The van der Waals surface area contributed by atoms with E-state index in [0.29, 0.717) is 10.6 Å². The highest BCUT2D eigenvalue weighted by Gasteiger charge is 2.42. The van der Waals surface area contributed by atoms with E-state index in [1.165, 1.54) is 17.6 Å². The number of hydrogen-bond acceptors (Lipinski definition) is 5. The molecule has 2 aromatic heterocycles. The van der Waals surface area contributed by atoms with Crippen LogP contribution in [-0.2, 0) is 0 Å². The van der Waals surface area contributed by atoms with Gasteiger partial charge in [-0.05, 0) is 44.8 Å². The maximum Gasteiger partial charge on any atom is 0.454 e. The molecule has 3 fully saturated rings. The Morgan fingerprint density at radius 2 is 2.00 bits per heavy atom. The van der Waals surface area contributed by atoms with Gasteiger partial charge in [0.15, 0.2) is 0 Å². The monoisotopic (exact) mass is 397 g/mol. The Kier molecular flexibility index (Phi) is 4.46. The molecule has 1 N–H and O–H groups in total. The Morgan fingerprint density at radius 3 is 2.63 bits per heavy atom. The summed E-state index contributed by atoms with van der Waals surface area (Å²) in [6, 6.07) is 1.50. The molecule has 9 heteroatoms. The quantitative estimate of drug-likeness (QED) is 0.808. The minimum absolute atomic E-state index is 0.00347. The molecule has 0 spiro atoms. The number of nitrogens with zero attached hydrogens (tertiary/aromatic N) is 2. The molecule has 5 heterocycles. The van der Waals surface area contributed by atoms with Crippen LogP contribution in [0.25, 0.3) is 10.1 Å². The van der Waals surface area contributed by atoms with Crippen LogP contribution in [0.3, 0.4) is 0 Å². The third kappa shape index (κ3) is 3.23. The second kappa shape index (κ2) is 6.56. The Bertz CT molecular complexity index is 901. The Morgan fingerprint density at radius 1 is 1.30 bits per heavy atom. The number of thiophene rings is 1. The second-order valence-corrected chi connectivity index (χ2v) is 8.07. The molecular formula is C18H18F3N3O2S. The Balaban J connectivity index is 1.60. The van der Waals surface area contributed by atoms with Crippen molar-refractivity contribution in [1.29, 1.82) is 0 Å². The number of nitrogens with one attached hydrogen (secondary N) is 1. The van der Waals surface area contributed by atoms with E-state index in [2.05, 4.69) is 22.1 Å². The molecule has 0 unspecified atom stereocenters. The predicted octanol–water partition coefficient (Wildman–Crippen LogP) is 3.25. The number of Topliss-reactive ketones (excluding diaryl/α,β-unsaturated/α-hetero) is 1. The number of aromatic nitrogens is 1. The smallest absolute Gasteiger partial charge is 0.346 e. The molecule has 2 aromatic rings. The number of rotatable bonds is 3. The fourth-order valence-electron chi connectivity index (χ4n) is 4.16. The van der Waals surface area contributed by atoms with Crippen molar-refractivity contribution in [3.05, 3.63) is 28.9 Å². The lowest BCUT2D eigenvalue weighted by Crippen LogP contribution is -2.62. The van der Waals surface area contributed by atoms with E-state index < -0.39 is 23.4 Å². The van der Waals surface area contributed by atoms with E-state index in [4.69, 9.17) is 0 Å². The number of halogens is 3. The van der Waals surface area contributed by atoms with Crippen molar-refractivity contribution in [2.45, 2.75) is 38.0 Å². The first-order valence-electron chi connectivity index (χ1n) is 8.79. The van der Waals surface area contributed by atoms with Crippen molar-refractivity contribution in [1.82, 2.24) is 15.2 Å². The molecule has 5 rings (SSSR count). The Hall–Kier alpha value is -2.00. The molecule has 0 radical (unpaired) electrons. The summed E-state index contributed by atoms with van der Waals surface area (Å²) in [7, 11) is 0. The summed E-state index contributed by atoms with van der Waals surface area (Å²) in [4.78, 5) is 30.7. The number of fused-ring (bicyclic) bond motifs is 4. The standard InChI is InChI=1S/C18H18F3N3O2S/c1-9-15(10-2-4-24(9)5-3-10)23-17(26)13-6-11-12(16(25)18(19,20)21)8-27-14(11)7-22-13/h6-10,15H,2-5H2,1H3,(H,23,26)/t9-,15-/m0/s1. The normalized spacial score (nSPS) is 27.7. The van der Waals surface area contributed by atoms with Gasteiger partial charge in [-0.1, -0.05) is 0 Å². The minimum atomic E-state index is -4.95. The maximum absolute atomic E-state index is 12.8. The third-order valence-electron chi connectivity index (χ3n) is 5.67. The number of alkyl halides is 3. The first-order chi connectivity index (χ1) is 12.8. The summed E-state index contributed by atoms with van der Waals surface area (Å²) in [6.07, 6.45) is -1.56. The molecule has 0 aromatic carbocycles. The zero-order valence-electron chi connectivity index (χ0n) is 14.5. The van der Waals surface area contributed by atoms with Crippen molar-refractivity contribution < 1.29 is 22.8 Å². The average Bonchev–Trinajstić information content (AvgIpc) is 3.06. The maximum atomic E-state index is 12.8. The largest absolute Gasteiger partial charge is 0.454 e. The molecule has 144 valence electrons. The summed E-state index contributed by atoms with van der Waals surface area (Å²) in [6.45, 7) is 4.13. The summed E-state index contributed by atoms with van der Waals surface area (Å²) in [5.74, 6) is -1.92. The van der Waals surface area contributed by atoms with Crippen molar-refractivity contribution >= 4 is 33.1 Å². The zero-order chi connectivity index (χ0) is 19.3. The van der Waals surface area contributed by atoms with Crippen molar-refractivity contribution in [2.75, 3.05) is 13.1 Å². The first-order valence-corrected chi connectivity index (χ1v) is 9.67. The molecule has 0 saturated carbocycles. The van der Waals surface area contributed by atoms with E-state index in [9.17, 15) is 22.8 Å². The van der Waals surface area contributed by atoms with Crippen molar-refractivity contribution in [3.8, 4) is 0 Å². The van der Waals surface area contributed by atoms with Crippen LogP contribution in [0.4, 0.5) is 13.2 Å². The van der Waals surface area contributed by atoms with E-state index in [1.807, 2.05) is 0 Å². The van der Waals surface area contributed by atoms with Crippen LogP contribution in [0.5, 0.6) is 0 Å². The summed E-state index contributed by atoms with van der Waals surface area (Å²) < 4.78 is 38.8. The summed E-state index contributed by atoms with van der Waals surface area (Å²) in [5, 5.41) is 4.29. The SMILES string of the molecule is C[C@H]1[C@H](NC(=O)c2cc3c(C(=O)C(F)(F)F)csc3cn2)C2CCN1CC2. The fourth-order valence-corrected chi connectivity index (χ4v) is 5.04. The van der Waals surface area contributed by atoms with Gasteiger partial charge in [-0.3, -0.25) is 14.5 Å². The Labute approximate surface area is 157 Å². The van der Waals surface area contributed by atoms with E-state index >= 15 is 0 Å². The van der Waals surface area contributed by atoms with Crippen LogP contribution in [0.1, 0.15) is 40.6 Å². The van der Waals surface area contributed by atoms with Gasteiger partial charge in [0.2, 0.25) is 0 Å². The number of carbonyl (C=O) groups excluding carboxylic acids is 2. The molecule has 3 saturated heterocycles. The summed E-state index contributed by atoms with van der Waals surface area (Å²) >= 11 is 1.00. The van der Waals surface area contributed by atoms with Gasteiger partial charge in [0.1, 0.15) is 5.69 Å². The van der Waals surface area contributed by atoms with Gasteiger partial charge in [-0.15, -0.1) is 11.3 Å². The zero-order valence-corrected chi connectivity index (χ0v) is 15.4. The van der Waals surface area contributed by atoms with Gasteiger partial charge >= 0.3 is 6.18 Å². The number of carbonyl (C=O) groups is 2. The molecule has 3 aliphatic heterocycles. The average molecular weight is 397 g/mol. The van der Waals surface area contributed by atoms with E-state index in [1.54, 1.807) is 0 Å². The molecule has 1 amide bonds. The number of amides is 1. The van der Waals surface area contributed by atoms with Crippen LogP contribution in [-0.4, -0.2) is 52.9 Å². The molecule has 27 heavy (non-hydrogen) atoms. The van der Waals surface area contributed by atoms with Crippen LogP contribution >= 0.6 is 11.3 Å². The predicted molar refractivity (Wildman–Crippen MR) is 95.0 cm³/mol. The van der Waals surface area contributed by atoms with Gasteiger partial charge in [0.05, 0.1) is 4.70 Å². The number of pyridine rings is 1. The molecule has 2 bridgehead atoms. The lowest BCUT2D eigenvalue weighted by atomic mass is 9.79. The van der Waals surface area contributed by atoms with Gasteiger partial charge < -0.3 is 5.32 Å². The highest BCUT2D eigenvalue weighted by Crippen LogP contribution is 2.33. The van der Waals surface area contributed by atoms with Gasteiger partial charge in [0.25, 0.3) is 11.7 Å². The second-order valence-electron chi connectivity index (χ2n) is 7.16. The van der Waals surface area contributed by atoms with Crippen molar-refractivity contribution in [2.24, 2.45) is 5.92 Å². The number of ketones is 1. The fraction of sp³-hybridized carbons (Fsp3) is 0.500. The number of hydrogen-bond donors (Lipinski definition) is 1. The van der Waals surface area contributed by atoms with Gasteiger partial charge in [0, 0.05) is 34.6 Å². The highest BCUT2D eigenvalue weighted by atomic mass is 32.1. The van der Waals surface area contributed by atoms with Crippen molar-refractivity contribution in [3.63, 3.8) is 0 Å². The first kappa shape index (κ1) is 18.4. The highest BCUT2D eigenvalue weighted by molar-refractivity contribution is 7.17. The summed E-state index contributed by atoms with van der Waals surface area (Å²) in [5.41, 5.74) is -0.407. The topological polar surface area (TPSA) is 62.3 Å². The lowest BCUT2D eigenvalue weighted by Gasteiger charge is -2.49.